The lowest BCUT2D eigenvalue weighted by atomic mass is 9.91. The summed E-state index contributed by atoms with van der Waals surface area (Å²) in [6, 6.07) is 4.48. The number of piperidine rings is 1. The summed E-state index contributed by atoms with van der Waals surface area (Å²) in [6.45, 7) is 5.89. The molecule has 0 bridgehead atoms. The van der Waals surface area contributed by atoms with Crippen LogP contribution in [0.4, 0.5) is 18.9 Å². The van der Waals surface area contributed by atoms with Crippen molar-refractivity contribution in [3.8, 4) is 0 Å². The van der Waals surface area contributed by atoms with Gasteiger partial charge in [0.2, 0.25) is 0 Å². The normalized spacial score (nSPS) is 24.0. The van der Waals surface area contributed by atoms with Gasteiger partial charge in [0.1, 0.15) is 0 Å². The van der Waals surface area contributed by atoms with Crippen molar-refractivity contribution in [3.63, 3.8) is 0 Å². The van der Waals surface area contributed by atoms with Gasteiger partial charge in [0.15, 0.2) is 0 Å². The maximum absolute atomic E-state index is 13.1. The largest absolute Gasteiger partial charge is 0.416 e. The van der Waals surface area contributed by atoms with Gasteiger partial charge < -0.3 is 4.90 Å². The van der Waals surface area contributed by atoms with E-state index in [-0.39, 0.29) is 11.4 Å². The van der Waals surface area contributed by atoms with Crippen molar-refractivity contribution in [2.75, 3.05) is 18.0 Å². The Labute approximate surface area is 122 Å². The van der Waals surface area contributed by atoms with E-state index in [1.54, 1.807) is 6.07 Å². The van der Waals surface area contributed by atoms with E-state index in [1.165, 1.54) is 12.1 Å². The van der Waals surface area contributed by atoms with Crippen LogP contribution in [0.2, 0.25) is 0 Å². The molecule has 1 aromatic rings. The molecular weight excluding hydrogens is 287 g/mol. The molecule has 0 amide bonds. The first-order valence-corrected chi connectivity index (χ1v) is 7.35. The zero-order valence-electron chi connectivity index (χ0n) is 11.7. The predicted molar refractivity (Wildman–Crippen MR) is 76.2 cm³/mol. The van der Waals surface area contributed by atoms with Gasteiger partial charge in [-0.25, -0.2) is 0 Å². The SMILES string of the molecule is CC1CC(C)CN(c2ccc(CCl)c(C(F)(F)F)c2)C1. The van der Waals surface area contributed by atoms with E-state index in [0.717, 1.165) is 19.5 Å². The van der Waals surface area contributed by atoms with Gasteiger partial charge in [-0.2, -0.15) is 13.2 Å². The summed E-state index contributed by atoms with van der Waals surface area (Å²) in [5.41, 5.74) is 0.168. The monoisotopic (exact) mass is 305 g/mol. The molecule has 0 saturated carbocycles. The lowest BCUT2D eigenvalue weighted by molar-refractivity contribution is -0.138. The molecule has 1 nitrogen and oxygen atoms in total. The summed E-state index contributed by atoms with van der Waals surface area (Å²) in [4.78, 5) is 2.05. The summed E-state index contributed by atoms with van der Waals surface area (Å²) in [5, 5.41) is 0. The first-order chi connectivity index (χ1) is 9.31. The first kappa shape index (κ1) is 15.5. The molecule has 0 radical (unpaired) electrons. The number of hydrogen-bond donors (Lipinski definition) is 0. The molecular formula is C15H19ClF3N. The van der Waals surface area contributed by atoms with Crippen LogP contribution in [0.3, 0.4) is 0 Å². The zero-order valence-corrected chi connectivity index (χ0v) is 12.4. The fraction of sp³-hybridized carbons (Fsp3) is 0.600. The van der Waals surface area contributed by atoms with Crippen molar-refractivity contribution in [1.82, 2.24) is 0 Å². The first-order valence-electron chi connectivity index (χ1n) is 6.82. The molecule has 1 aliphatic heterocycles. The van der Waals surface area contributed by atoms with Gasteiger partial charge >= 0.3 is 6.18 Å². The second-order valence-electron chi connectivity index (χ2n) is 5.82. The van der Waals surface area contributed by atoms with Crippen LogP contribution in [0.1, 0.15) is 31.4 Å². The van der Waals surface area contributed by atoms with Crippen LogP contribution in [0.15, 0.2) is 18.2 Å². The van der Waals surface area contributed by atoms with Gasteiger partial charge in [-0.3, -0.25) is 0 Å². The van der Waals surface area contributed by atoms with E-state index in [1.807, 2.05) is 4.90 Å². The Morgan fingerprint density at radius 2 is 1.80 bits per heavy atom. The van der Waals surface area contributed by atoms with Crippen molar-refractivity contribution in [3.05, 3.63) is 29.3 Å². The molecule has 0 N–H and O–H groups in total. The summed E-state index contributed by atoms with van der Waals surface area (Å²) in [6.07, 6.45) is -3.23. The Balaban J connectivity index is 2.33. The molecule has 2 unspecified atom stereocenters. The van der Waals surface area contributed by atoms with E-state index in [4.69, 9.17) is 11.6 Å². The second-order valence-corrected chi connectivity index (χ2v) is 6.09. The minimum Gasteiger partial charge on any atom is -0.371 e. The third-order valence-electron chi connectivity index (χ3n) is 3.78. The summed E-state index contributed by atoms with van der Waals surface area (Å²) < 4.78 is 39.2. The number of anilines is 1. The van der Waals surface area contributed by atoms with Crippen molar-refractivity contribution in [1.29, 1.82) is 0 Å². The highest BCUT2D eigenvalue weighted by molar-refractivity contribution is 6.17. The average Bonchev–Trinajstić information content (AvgIpc) is 2.35. The highest BCUT2D eigenvalue weighted by Gasteiger charge is 2.34. The molecule has 1 heterocycles. The van der Waals surface area contributed by atoms with Gasteiger partial charge in [0.25, 0.3) is 0 Å². The van der Waals surface area contributed by atoms with Gasteiger partial charge in [-0.1, -0.05) is 19.9 Å². The van der Waals surface area contributed by atoms with Crippen LogP contribution >= 0.6 is 11.6 Å². The second kappa shape index (κ2) is 5.84. The van der Waals surface area contributed by atoms with Crippen molar-refractivity contribution in [2.24, 2.45) is 11.8 Å². The number of nitrogens with zero attached hydrogens (tertiary/aromatic N) is 1. The standard InChI is InChI=1S/C15H19ClF3N/c1-10-5-11(2)9-20(8-10)13-4-3-12(7-16)14(6-13)15(17,18)19/h3-4,6,10-11H,5,7-9H2,1-2H3. The minimum atomic E-state index is -4.35. The molecule has 2 rings (SSSR count). The Morgan fingerprint density at radius 3 is 2.30 bits per heavy atom. The predicted octanol–water partition coefficient (Wildman–Crippen LogP) is 4.93. The Hall–Kier alpha value is -0.900. The van der Waals surface area contributed by atoms with E-state index in [9.17, 15) is 13.2 Å². The molecule has 5 heteroatoms. The highest BCUT2D eigenvalue weighted by Crippen LogP contribution is 2.36. The topological polar surface area (TPSA) is 3.24 Å². The quantitative estimate of drug-likeness (QED) is 0.701. The maximum atomic E-state index is 13.1. The highest BCUT2D eigenvalue weighted by atomic mass is 35.5. The van der Waals surface area contributed by atoms with Crippen molar-refractivity contribution >= 4 is 17.3 Å². The molecule has 20 heavy (non-hydrogen) atoms. The minimum absolute atomic E-state index is 0.123. The van der Waals surface area contributed by atoms with E-state index < -0.39 is 11.7 Å². The fourth-order valence-electron chi connectivity index (χ4n) is 3.02. The molecule has 1 saturated heterocycles. The van der Waals surface area contributed by atoms with Gasteiger partial charge in [0, 0.05) is 24.7 Å². The van der Waals surface area contributed by atoms with Crippen LogP contribution < -0.4 is 4.90 Å². The zero-order chi connectivity index (χ0) is 14.9. The number of benzene rings is 1. The molecule has 1 fully saturated rings. The lowest BCUT2D eigenvalue weighted by Gasteiger charge is -2.37. The number of halogens is 4. The molecule has 0 aromatic heterocycles. The van der Waals surface area contributed by atoms with Crippen LogP contribution in [0.25, 0.3) is 0 Å². The van der Waals surface area contributed by atoms with E-state index >= 15 is 0 Å². The van der Waals surface area contributed by atoms with Crippen LogP contribution in [0.5, 0.6) is 0 Å². The van der Waals surface area contributed by atoms with E-state index in [0.29, 0.717) is 17.5 Å². The Kier molecular flexibility index (Phi) is 4.52. The summed E-state index contributed by atoms with van der Waals surface area (Å²) in [7, 11) is 0. The molecule has 112 valence electrons. The summed E-state index contributed by atoms with van der Waals surface area (Å²) in [5.74, 6) is 0.878. The van der Waals surface area contributed by atoms with Crippen molar-refractivity contribution < 1.29 is 13.2 Å². The molecule has 1 aromatic carbocycles. The molecule has 0 aliphatic carbocycles. The lowest BCUT2D eigenvalue weighted by Crippen LogP contribution is -2.38. The van der Waals surface area contributed by atoms with Crippen LogP contribution in [0, 0.1) is 11.8 Å². The third kappa shape index (κ3) is 3.40. The maximum Gasteiger partial charge on any atom is 0.416 e. The Bertz CT molecular complexity index is 463. The van der Waals surface area contributed by atoms with Gasteiger partial charge in [-0.15, -0.1) is 11.6 Å². The number of rotatable bonds is 2. The fourth-order valence-corrected chi connectivity index (χ4v) is 3.25. The molecule has 1 aliphatic rings. The third-order valence-corrected chi connectivity index (χ3v) is 4.06. The van der Waals surface area contributed by atoms with Gasteiger partial charge in [0.05, 0.1) is 5.56 Å². The van der Waals surface area contributed by atoms with Crippen LogP contribution in [-0.4, -0.2) is 13.1 Å². The van der Waals surface area contributed by atoms with Gasteiger partial charge in [-0.05, 0) is 36.0 Å². The van der Waals surface area contributed by atoms with Crippen LogP contribution in [-0.2, 0) is 12.1 Å². The molecule has 2 atom stereocenters. The average molecular weight is 306 g/mol. The number of hydrogen-bond acceptors (Lipinski definition) is 1. The van der Waals surface area contributed by atoms with E-state index in [2.05, 4.69) is 13.8 Å². The molecule has 0 spiro atoms. The Morgan fingerprint density at radius 1 is 1.20 bits per heavy atom. The smallest absolute Gasteiger partial charge is 0.371 e. The number of alkyl halides is 4. The van der Waals surface area contributed by atoms with Crippen molar-refractivity contribution in [2.45, 2.75) is 32.3 Å². The summed E-state index contributed by atoms with van der Waals surface area (Å²) >= 11 is 5.61.